The van der Waals surface area contributed by atoms with E-state index in [1.165, 1.54) is 12.1 Å². The average Bonchev–Trinajstić information content (AvgIpc) is 2.44. The van der Waals surface area contributed by atoms with E-state index in [2.05, 4.69) is 21.2 Å². The van der Waals surface area contributed by atoms with Gasteiger partial charge < -0.3 is 10.1 Å². The molecule has 0 saturated carbocycles. The summed E-state index contributed by atoms with van der Waals surface area (Å²) in [6, 6.07) is 9.93. The molecule has 2 aromatic carbocycles. The van der Waals surface area contributed by atoms with Crippen molar-refractivity contribution in [1.29, 1.82) is 0 Å². The Morgan fingerprint density at radius 2 is 2.00 bits per heavy atom. The van der Waals surface area contributed by atoms with Crippen molar-refractivity contribution in [2.75, 3.05) is 7.05 Å². The van der Waals surface area contributed by atoms with E-state index in [1.54, 1.807) is 6.07 Å². The average molecular weight is 342 g/mol. The molecule has 0 spiro atoms. The maximum atomic E-state index is 13.8. The molecule has 0 amide bonds. The van der Waals surface area contributed by atoms with Crippen LogP contribution in [0.15, 0.2) is 40.9 Å². The number of hydrogen-bond acceptors (Lipinski definition) is 2. The first-order chi connectivity index (χ1) is 9.61. The van der Waals surface area contributed by atoms with Gasteiger partial charge >= 0.3 is 0 Å². The summed E-state index contributed by atoms with van der Waals surface area (Å²) in [5.74, 6) is -0.662. The number of benzene rings is 2. The second kappa shape index (κ2) is 6.81. The molecule has 5 heteroatoms. The maximum absolute atomic E-state index is 13.8. The number of nitrogens with one attached hydrogen (secondary N) is 1. The van der Waals surface area contributed by atoms with E-state index in [4.69, 9.17) is 4.74 Å². The van der Waals surface area contributed by atoms with Gasteiger partial charge in [-0.1, -0.05) is 12.1 Å². The van der Waals surface area contributed by atoms with E-state index in [9.17, 15) is 8.78 Å². The zero-order chi connectivity index (χ0) is 14.5. The molecule has 0 unspecified atom stereocenters. The minimum absolute atomic E-state index is 0.0848. The largest absolute Gasteiger partial charge is 0.489 e. The van der Waals surface area contributed by atoms with Crippen molar-refractivity contribution in [3.05, 3.63) is 63.6 Å². The SMILES string of the molecule is CNCc1cccc(OCc2c(F)ccc(Br)c2F)c1. The van der Waals surface area contributed by atoms with Gasteiger partial charge in [0.25, 0.3) is 0 Å². The Balaban J connectivity index is 2.13. The van der Waals surface area contributed by atoms with Gasteiger partial charge in [0.2, 0.25) is 0 Å². The smallest absolute Gasteiger partial charge is 0.146 e. The van der Waals surface area contributed by atoms with E-state index in [0.717, 1.165) is 5.56 Å². The number of rotatable bonds is 5. The van der Waals surface area contributed by atoms with Gasteiger partial charge in [0.05, 0.1) is 10.0 Å². The summed E-state index contributed by atoms with van der Waals surface area (Å²) in [6.45, 7) is 0.553. The molecule has 2 aromatic rings. The molecule has 106 valence electrons. The van der Waals surface area contributed by atoms with E-state index in [1.807, 2.05) is 25.2 Å². The molecule has 2 rings (SSSR count). The van der Waals surface area contributed by atoms with Crippen LogP contribution in [0.5, 0.6) is 5.75 Å². The van der Waals surface area contributed by atoms with Gasteiger partial charge in [-0.2, -0.15) is 0 Å². The monoisotopic (exact) mass is 341 g/mol. The van der Waals surface area contributed by atoms with E-state index >= 15 is 0 Å². The van der Waals surface area contributed by atoms with Crippen LogP contribution in [-0.2, 0) is 13.2 Å². The highest BCUT2D eigenvalue weighted by Gasteiger charge is 2.13. The Bertz CT molecular complexity index is 604. The lowest BCUT2D eigenvalue weighted by Crippen LogP contribution is -2.06. The lowest BCUT2D eigenvalue weighted by Gasteiger charge is -2.10. The lowest BCUT2D eigenvalue weighted by molar-refractivity contribution is 0.292. The highest BCUT2D eigenvalue weighted by Crippen LogP contribution is 2.23. The highest BCUT2D eigenvalue weighted by molar-refractivity contribution is 9.10. The molecule has 0 radical (unpaired) electrons. The standard InChI is InChI=1S/C15H14BrF2NO/c1-19-8-10-3-2-4-11(7-10)20-9-12-14(17)6-5-13(16)15(12)18/h2-7,19H,8-9H2,1H3. The maximum Gasteiger partial charge on any atom is 0.146 e. The molecular formula is C15H14BrF2NO. The van der Waals surface area contributed by atoms with Crippen LogP contribution in [-0.4, -0.2) is 7.05 Å². The van der Waals surface area contributed by atoms with Crippen molar-refractivity contribution in [3.8, 4) is 5.75 Å². The van der Waals surface area contributed by atoms with Crippen molar-refractivity contribution in [3.63, 3.8) is 0 Å². The minimum atomic E-state index is -0.628. The molecule has 0 atom stereocenters. The third kappa shape index (κ3) is 3.55. The zero-order valence-electron chi connectivity index (χ0n) is 10.9. The Labute approximate surface area is 124 Å². The third-order valence-electron chi connectivity index (χ3n) is 2.80. The predicted molar refractivity (Wildman–Crippen MR) is 77.6 cm³/mol. The van der Waals surface area contributed by atoms with Crippen molar-refractivity contribution in [2.24, 2.45) is 0 Å². The number of halogens is 3. The molecule has 0 heterocycles. The van der Waals surface area contributed by atoms with Gasteiger partial charge in [0.15, 0.2) is 0 Å². The highest BCUT2D eigenvalue weighted by atomic mass is 79.9. The number of hydrogen-bond donors (Lipinski definition) is 1. The summed E-state index contributed by atoms with van der Waals surface area (Å²) in [4.78, 5) is 0. The second-order valence-corrected chi connectivity index (χ2v) is 5.14. The van der Waals surface area contributed by atoms with Crippen LogP contribution in [0.4, 0.5) is 8.78 Å². The Kier molecular flexibility index (Phi) is 5.09. The summed E-state index contributed by atoms with van der Waals surface area (Å²) in [6.07, 6.45) is 0. The molecule has 0 saturated heterocycles. The first-order valence-electron chi connectivity index (χ1n) is 6.10. The van der Waals surface area contributed by atoms with Crippen molar-refractivity contribution in [2.45, 2.75) is 13.2 Å². The molecule has 0 aliphatic rings. The van der Waals surface area contributed by atoms with Gasteiger partial charge in [-0.05, 0) is 52.8 Å². The topological polar surface area (TPSA) is 21.3 Å². The van der Waals surface area contributed by atoms with Gasteiger partial charge in [-0.3, -0.25) is 0 Å². The zero-order valence-corrected chi connectivity index (χ0v) is 12.5. The van der Waals surface area contributed by atoms with Gasteiger partial charge in [0, 0.05) is 6.54 Å². The molecule has 0 aliphatic heterocycles. The quantitative estimate of drug-likeness (QED) is 0.829. The van der Waals surface area contributed by atoms with Crippen LogP contribution >= 0.6 is 15.9 Å². The fourth-order valence-electron chi connectivity index (χ4n) is 1.81. The summed E-state index contributed by atoms with van der Waals surface area (Å²) in [5, 5.41) is 3.03. The van der Waals surface area contributed by atoms with Crippen molar-refractivity contribution < 1.29 is 13.5 Å². The van der Waals surface area contributed by atoms with Crippen molar-refractivity contribution in [1.82, 2.24) is 5.32 Å². The first-order valence-corrected chi connectivity index (χ1v) is 6.90. The van der Waals surface area contributed by atoms with Crippen LogP contribution in [0, 0.1) is 11.6 Å². The Morgan fingerprint density at radius 3 is 2.75 bits per heavy atom. The molecule has 0 fully saturated rings. The fraction of sp³-hybridized carbons (Fsp3) is 0.200. The molecule has 2 nitrogen and oxygen atoms in total. The number of ether oxygens (including phenoxy) is 1. The third-order valence-corrected chi connectivity index (χ3v) is 3.41. The predicted octanol–water partition coefficient (Wildman–Crippen LogP) is 4.03. The van der Waals surface area contributed by atoms with Crippen LogP contribution in [0.1, 0.15) is 11.1 Å². The fourth-order valence-corrected chi connectivity index (χ4v) is 2.18. The van der Waals surface area contributed by atoms with Gasteiger partial charge in [-0.25, -0.2) is 8.78 Å². The Morgan fingerprint density at radius 1 is 1.20 bits per heavy atom. The van der Waals surface area contributed by atoms with E-state index < -0.39 is 11.6 Å². The summed E-state index contributed by atoms with van der Waals surface area (Å²) in [7, 11) is 1.85. The van der Waals surface area contributed by atoms with Crippen LogP contribution < -0.4 is 10.1 Å². The van der Waals surface area contributed by atoms with Gasteiger partial charge in [0.1, 0.15) is 24.0 Å². The van der Waals surface area contributed by atoms with E-state index in [0.29, 0.717) is 12.3 Å². The molecular weight excluding hydrogens is 328 g/mol. The summed E-state index contributed by atoms with van der Waals surface area (Å²) in [5.41, 5.74) is 0.957. The summed E-state index contributed by atoms with van der Waals surface area (Å²) < 4.78 is 33.1. The molecule has 20 heavy (non-hydrogen) atoms. The molecule has 0 bridgehead atoms. The molecule has 1 N–H and O–H groups in total. The minimum Gasteiger partial charge on any atom is -0.489 e. The van der Waals surface area contributed by atoms with Crippen LogP contribution in [0.2, 0.25) is 0 Å². The first kappa shape index (κ1) is 14.9. The van der Waals surface area contributed by atoms with Gasteiger partial charge in [-0.15, -0.1) is 0 Å². The normalized spacial score (nSPS) is 10.6. The Hall–Kier alpha value is -1.46. The molecule has 0 aromatic heterocycles. The molecule has 0 aliphatic carbocycles. The second-order valence-electron chi connectivity index (χ2n) is 4.29. The van der Waals surface area contributed by atoms with Crippen LogP contribution in [0.25, 0.3) is 0 Å². The summed E-state index contributed by atoms with van der Waals surface area (Å²) >= 11 is 3.03. The van der Waals surface area contributed by atoms with E-state index in [-0.39, 0.29) is 16.6 Å². The van der Waals surface area contributed by atoms with Crippen molar-refractivity contribution >= 4 is 15.9 Å². The van der Waals surface area contributed by atoms with Crippen LogP contribution in [0.3, 0.4) is 0 Å². The lowest BCUT2D eigenvalue weighted by atomic mass is 10.2.